The summed E-state index contributed by atoms with van der Waals surface area (Å²) in [4.78, 5) is 0. The van der Waals surface area contributed by atoms with Gasteiger partial charge in [0.1, 0.15) is 5.82 Å². The number of rotatable bonds is 4. The monoisotopic (exact) mass is 267 g/mol. The molecule has 0 radical (unpaired) electrons. The Balaban J connectivity index is 2.24. The third-order valence-electron chi connectivity index (χ3n) is 2.91. The number of aryl methyl sites for hydroxylation is 1. The molecule has 0 aliphatic carbocycles. The van der Waals surface area contributed by atoms with Crippen LogP contribution in [-0.2, 0) is 13.0 Å². The van der Waals surface area contributed by atoms with E-state index in [4.69, 9.17) is 17.3 Å². The zero-order chi connectivity index (χ0) is 13.1. The topological polar surface area (TPSA) is 43.8 Å². The lowest BCUT2D eigenvalue weighted by atomic mass is 10.0. The first-order chi connectivity index (χ1) is 8.63. The Bertz CT molecular complexity index is 519. The summed E-state index contributed by atoms with van der Waals surface area (Å²) in [6, 6.07) is 6.18. The molecule has 0 fully saturated rings. The van der Waals surface area contributed by atoms with Crippen LogP contribution in [0.4, 0.5) is 4.39 Å². The van der Waals surface area contributed by atoms with Gasteiger partial charge in [0.15, 0.2) is 0 Å². The second kappa shape index (κ2) is 5.50. The second-order valence-corrected chi connectivity index (χ2v) is 4.49. The standard InChI is InChI=1S/C13H15ClFN3/c1-2-18-13(6-7-17-18)12(16)8-9-10(14)4-3-5-11(9)15/h3-7,12H,2,8,16H2,1H3. The Morgan fingerprint density at radius 2 is 2.22 bits per heavy atom. The molecule has 0 aliphatic heterocycles. The molecular weight excluding hydrogens is 253 g/mol. The molecule has 1 heterocycles. The molecule has 96 valence electrons. The van der Waals surface area contributed by atoms with Crippen LogP contribution in [0.1, 0.15) is 24.2 Å². The van der Waals surface area contributed by atoms with Gasteiger partial charge < -0.3 is 5.73 Å². The van der Waals surface area contributed by atoms with E-state index in [1.807, 2.05) is 13.0 Å². The van der Waals surface area contributed by atoms with Gasteiger partial charge in [-0.15, -0.1) is 0 Å². The van der Waals surface area contributed by atoms with Gasteiger partial charge in [0.05, 0.1) is 11.7 Å². The lowest BCUT2D eigenvalue weighted by Gasteiger charge is -2.14. The van der Waals surface area contributed by atoms with Crippen LogP contribution < -0.4 is 5.73 Å². The van der Waals surface area contributed by atoms with Gasteiger partial charge in [0.25, 0.3) is 0 Å². The van der Waals surface area contributed by atoms with Crippen molar-refractivity contribution in [3.8, 4) is 0 Å². The normalized spacial score (nSPS) is 12.7. The minimum atomic E-state index is -0.319. The molecule has 3 nitrogen and oxygen atoms in total. The smallest absolute Gasteiger partial charge is 0.127 e. The maximum atomic E-state index is 13.7. The summed E-state index contributed by atoms with van der Waals surface area (Å²) in [5.41, 5.74) is 7.44. The minimum Gasteiger partial charge on any atom is -0.322 e. The van der Waals surface area contributed by atoms with E-state index in [2.05, 4.69) is 5.10 Å². The Morgan fingerprint density at radius 1 is 1.44 bits per heavy atom. The summed E-state index contributed by atoms with van der Waals surface area (Å²) in [5, 5.41) is 4.56. The van der Waals surface area contributed by atoms with E-state index >= 15 is 0 Å². The Morgan fingerprint density at radius 3 is 2.89 bits per heavy atom. The van der Waals surface area contributed by atoms with Crippen LogP contribution in [0.2, 0.25) is 5.02 Å². The highest BCUT2D eigenvalue weighted by molar-refractivity contribution is 6.31. The van der Waals surface area contributed by atoms with Crippen molar-refractivity contribution < 1.29 is 4.39 Å². The third-order valence-corrected chi connectivity index (χ3v) is 3.27. The first-order valence-electron chi connectivity index (χ1n) is 5.83. The molecule has 0 amide bonds. The minimum absolute atomic E-state index is 0.318. The van der Waals surface area contributed by atoms with E-state index in [0.29, 0.717) is 17.0 Å². The molecule has 1 unspecified atom stereocenters. The number of nitrogens with zero attached hydrogens (tertiary/aromatic N) is 2. The Hall–Kier alpha value is -1.39. The van der Waals surface area contributed by atoms with E-state index < -0.39 is 0 Å². The molecule has 2 rings (SSSR count). The largest absolute Gasteiger partial charge is 0.322 e. The number of hydrogen-bond acceptors (Lipinski definition) is 2. The van der Waals surface area contributed by atoms with Gasteiger partial charge in [0.2, 0.25) is 0 Å². The molecule has 5 heteroatoms. The van der Waals surface area contributed by atoms with Crippen molar-refractivity contribution in [3.63, 3.8) is 0 Å². The van der Waals surface area contributed by atoms with Gasteiger partial charge in [-0.2, -0.15) is 5.10 Å². The molecule has 1 atom stereocenters. The molecule has 0 saturated carbocycles. The zero-order valence-corrected chi connectivity index (χ0v) is 10.9. The summed E-state index contributed by atoms with van der Waals surface area (Å²) < 4.78 is 15.5. The SMILES string of the molecule is CCn1nccc1C(N)Cc1c(F)cccc1Cl. The fraction of sp³-hybridized carbons (Fsp3) is 0.308. The van der Waals surface area contributed by atoms with Crippen LogP contribution >= 0.6 is 11.6 Å². The van der Waals surface area contributed by atoms with Crippen molar-refractivity contribution in [1.29, 1.82) is 0 Å². The first-order valence-corrected chi connectivity index (χ1v) is 6.21. The Kier molecular flexibility index (Phi) is 3.99. The lowest BCUT2D eigenvalue weighted by Crippen LogP contribution is -2.19. The number of aromatic nitrogens is 2. The molecular formula is C13H15ClFN3. The average molecular weight is 268 g/mol. The van der Waals surface area contributed by atoms with Crippen LogP contribution in [0, 0.1) is 5.82 Å². The van der Waals surface area contributed by atoms with Gasteiger partial charge in [-0.25, -0.2) is 4.39 Å². The molecule has 0 spiro atoms. The summed E-state index contributed by atoms with van der Waals surface area (Å²) >= 11 is 5.99. The van der Waals surface area contributed by atoms with Crippen molar-refractivity contribution in [1.82, 2.24) is 9.78 Å². The first kappa shape index (κ1) is 13.1. The maximum absolute atomic E-state index is 13.7. The van der Waals surface area contributed by atoms with Crippen molar-refractivity contribution in [2.75, 3.05) is 0 Å². The predicted octanol–water partition coefficient (Wildman–Crippen LogP) is 2.94. The molecule has 2 N–H and O–H groups in total. The lowest BCUT2D eigenvalue weighted by molar-refractivity contribution is 0.551. The molecule has 0 bridgehead atoms. The predicted molar refractivity (Wildman–Crippen MR) is 69.9 cm³/mol. The summed E-state index contributed by atoms with van der Waals surface area (Å²) in [7, 11) is 0. The molecule has 0 aliphatic rings. The van der Waals surface area contributed by atoms with Crippen molar-refractivity contribution >= 4 is 11.6 Å². The van der Waals surface area contributed by atoms with Gasteiger partial charge in [-0.05, 0) is 31.5 Å². The zero-order valence-electron chi connectivity index (χ0n) is 10.1. The highest BCUT2D eigenvalue weighted by atomic mass is 35.5. The van der Waals surface area contributed by atoms with Gasteiger partial charge in [-0.1, -0.05) is 17.7 Å². The van der Waals surface area contributed by atoms with Crippen LogP contribution in [0.25, 0.3) is 0 Å². The summed E-state index contributed by atoms with van der Waals surface area (Å²) in [5.74, 6) is -0.319. The van der Waals surface area contributed by atoms with Gasteiger partial charge in [-0.3, -0.25) is 4.68 Å². The number of nitrogens with two attached hydrogens (primary N) is 1. The fourth-order valence-electron chi connectivity index (χ4n) is 1.97. The summed E-state index contributed by atoms with van der Waals surface area (Å²) in [6.45, 7) is 2.72. The highest BCUT2D eigenvalue weighted by Gasteiger charge is 2.16. The van der Waals surface area contributed by atoms with E-state index in [1.165, 1.54) is 6.07 Å². The van der Waals surface area contributed by atoms with Crippen molar-refractivity contribution in [2.45, 2.75) is 25.9 Å². The van der Waals surface area contributed by atoms with Gasteiger partial charge >= 0.3 is 0 Å². The van der Waals surface area contributed by atoms with Crippen LogP contribution in [0.5, 0.6) is 0 Å². The van der Waals surface area contributed by atoms with Crippen molar-refractivity contribution in [3.05, 3.63) is 52.6 Å². The maximum Gasteiger partial charge on any atom is 0.127 e. The molecule has 1 aromatic carbocycles. The van der Waals surface area contributed by atoms with Gasteiger partial charge in [0, 0.05) is 23.3 Å². The molecule has 1 aromatic heterocycles. The van der Waals surface area contributed by atoms with E-state index in [9.17, 15) is 4.39 Å². The number of benzene rings is 1. The van der Waals surface area contributed by atoms with Crippen LogP contribution in [-0.4, -0.2) is 9.78 Å². The third kappa shape index (κ3) is 2.54. The van der Waals surface area contributed by atoms with Crippen LogP contribution in [0.15, 0.2) is 30.5 Å². The average Bonchev–Trinajstić information content (AvgIpc) is 2.82. The fourth-order valence-corrected chi connectivity index (χ4v) is 2.21. The number of hydrogen-bond donors (Lipinski definition) is 1. The second-order valence-electron chi connectivity index (χ2n) is 4.08. The quantitative estimate of drug-likeness (QED) is 0.926. The number of halogens is 2. The highest BCUT2D eigenvalue weighted by Crippen LogP contribution is 2.24. The van der Waals surface area contributed by atoms with Crippen molar-refractivity contribution in [2.24, 2.45) is 5.73 Å². The Labute approximate surface area is 110 Å². The molecule has 0 saturated heterocycles. The van der Waals surface area contributed by atoms with E-state index in [1.54, 1.807) is 23.0 Å². The molecule has 2 aromatic rings. The summed E-state index contributed by atoms with van der Waals surface area (Å²) in [6.07, 6.45) is 2.05. The van der Waals surface area contributed by atoms with E-state index in [0.717, 1.165) is 12.2 Å². The van der Waals surface area contributed by atoms with Crippen LogP contribution in [0.3, 0.4) is 0 Å². The molecule has 18 heavy (non-hydrogen) atoms. The van der Waals surface area contributed by atoms with E-state index in [-0.39, 0.29) is 11.9 Å².